The van der Waals surface area contributed by atoms with E-state index < -0.39 is 11.8 Å². The highest BCUT2D eigenvalue weighted by molar-refractivity contribution is 5.96. The van der Waals surface area contributed by atoms with Crippen molar-refractivity contribution in [2.45, 2.75) is 0 Å². The van der Waals surface area contributed by atoms with Gasteiger partial charge >= 0.3 is 0 Å². The highest BCUT2D eigenvalue weighted by Gasteiger charge is 2.14. The molecule has 0 saturated heterocycles. The molecule has 29 heavy (non-hydrogen) atoms. The maximum atomic E-state index is 11.9. The fraction of sp³-hybridized carbons (Fsp3) is 0.143. The summed E-state index contributed by atoms with van der Waals surface area (Å²) in [4.78, 5) is 23.9. The lowest BCUT2D eigenvalue weighted by Crippen LogP contribution is -2.26. The predicted molar refractivity (Wildman–Crippen MR) is 109 cm³/mol. The lowest BCUT2D eigenvalue weighted by atomic mass is 10.2. The summed E-state index contributed by atoms with van der Waals surface area (Å²) in [5, 5.41) is 20.8. The van der Waals surface area contributed by atoms with E-state index in [1.807, 2.05) is 24.3 Å². The summed E-state index contributed by atoms with van der Waals surface area (Å²) in [5.41, 5.74) is 1.71. The fourth-order valence-electron chi connectivity index (χ4n) is 2.79. The Morgan fingerprint density at radius 2 is 1.90 bits per heavy atom. The first-order valence-electron chi connectivity index (χ1n) is 8.81. The number of amides is 2. The van der Waals surface area contributed by atoms with Crippen molar-refractivity contribution < 1.29 is 19.4 Å². The first-order valence-corrected chi connectivity index (χ1v) is 8.81. The van der Waals surface area contributed by atoms with Crippen LogP contribution in [0.15, 0.2) is 64.8 Å². The second-order valence-corrected chi connectivity index (χ2v) is 6.14. The van der Waals surface area contributed by atoms with Gasteiger partial charge < -0.3 is 19.7 Å². The Morgan fingerprint density at radius 1 is 1.17 bits per heavy atom. The van der Waals surface area contributed by atoms with Gasteiger partial charge in [0.15, 0.2) is 5.69 Å². The largest absolute Gasteiger partial charge is 0.496 e. The van der Waals surface area contributed by atoms with Gasteiger partial charge in [0.1, 0.15) is 12.3 Å². The van der Waals surface area contributed by atoms with Crippen LogP contribution in [0.2, 0.25) is 0 Å². The molecule has 0 aliphatic carbocycles. The van der Waals surface area contributed by atoms with E-state index in [-0.39, 0.29) is 18.1 Å². The molecule has 2 aromatic carbocycles. The molecule has 0 bridgehead atoms. The van der Waals surface area contributed by atoms with Crippen LogP contribution in [0, 0.1) is 0 Å². The van der Waals surface area contributed by atoms with Gasteiger partial charge in [-0.2, -0.15) is 0 Å². The fourth-order valence-corrected chi connectivity index (χ4v) is 2.79. The molecular formula is C21H20N4O4. The molecule has 0 atom stereocenters. The number of aryl methyl sites for hydroxylation is 1. The number of hydrogen-bond acceptors (Lipinski definition) is 5. The molecule has 0 radical (unpaired) electrons. The molecule has 8 heteroatoms. The van der Waals surface area contributed by atoms with Crippen LogP contribution in [0.3, 0.4) is 0 Å². The number of aromatic nitrogens is 1. The van der Waals surface area contributed by atoms with Gasteiger partial charge in [0.2, 0.25) is 11.8 Å². The molecule has 2 N–H and O–H groups in total. The highest BCUT2D eigenvalue weighted by atomic mass is 16.5. The van der Waals surface area contributed by atoms with Crippen LogP contribution in [0.5, 0.6) is 11.6 Å². The van der Waals surface area contributed by atoms with Gasteiger partial charge in [-0.1, -0.05) is 36.4 Å². The zero-order chi connectivity index (χ0) is 20.8. The minimum absolute atomic E-state index is 0.0912. The molecule has 0 aliphatic heterocycles. The number of hydrogen-bond donors (Lipinski definition) is 2. The Hall–Kier alpha value is -3.94. The lowest BCUT2D eigenvalue weighted by molar-refractivity contribution is -0.122. The number of rotatable bonds is 6. The van der Waals surface area contributed by atoms with Gasteiger partial charge in [0.25, 0.3) is 5.91 Å². The maximum Gasteiger partial charge on any atom is 0.283 e. The molecule has 8 nitrogen and oxygen atoms in total. The van der Waals surface area contributed by atoms with E-state index in [4.69, 9.17) is 4.74 Å². The average molecular weight is 392 g/mol. The van der Waals surface area contributed by atoms with Gasteiger partial charge in [-0.05, 0) is 18.2 Å². The highest BCUT2D eigenvalue weighted by Crippen LogP contribution is 2.37. The molecule has 0 fully saturated rings. The van der Waals surface area contributed by atoms with Crippen LogP contribution >= 0.6 is 0 Å². The third kappa shape index (κ3) is 4.49. The quantitative estimate of drug-likeness (QED) is 0.496. The molecule has 3 aromatic rings. The lowest BCUT2D eigenvalue weighted by Gasteiger charge is -2.03. The molecule has 0 aliphatic rings. The number of carbonyl (C=O) groups excluding carboxylic acids is 2. The molecule has 0 spiro atoms. The summed E-state index contributed by atoms with van der Waals surface area (Å²) in [6.07, 6.45) is 2.90. The summed E-state index contributed by atoms with van der Waals surface area (Å²) in [5.74, 6) is -0.549. The minimum atomic E-state index is -0.642. The Balaban J connectivity index is 1.61. The van der Waals surface area contributed by atoms with Crippen molar-refractivity contribution in [3.63, 3.8) is 0 Å². The van der Waals surface area contributed by atoms with E-state index in [9.17, 15) is 14.7 Å². The van der Waals surface area contributed by atoms with Crippen molar-refractivity contribution in [1.29, 1.82) is 0 Å². The monoisotopic (exact) mass is 392 g/mol. The van der Waals surface area contributed by atoms with Crippen molar-refractivity contribution in [3.05, 3.63) is 60.2 Å². The Bertz CT molecular complexity index is 1120. The van der Waals surface area contributed by atoms with Crippen molar-refractivity contribution in [3.8, 4) is 11.6 Å². The number of azo groups is 1. The van der Waals surface area contributed by atoms with Crippen LogP contribution in [0.1, 0.15) is 5.56 Å². The standard InChI is InChI=1S/C21H20N4O4/c1-25-16-9-5-4-8-15(16)20(21(25)28)24-23-19(27)13-22-18(26)12-11-14-7-3-6-10-17(14)29-2/h3-12,28H,13H2,1-2H3,(H,22,26). The third-order valence-corrected chi connectivity index (χ3v) is 4.28. The van der Waals surface area contributed by atoms with Crippen LogP contribution in [0.25, 0.3) is 17.0 Å². The minimum Gasteiger partial charge on any atom is -0.496 e. The van der Waals surface area contributed by atoms with Gasteiger partial charge in [-0.3, -0.25) is 9.59 Å². The molecule has 0 saturated carbocycles. The normalized spacial score (nSPS) is 11.4. The number of aromatic hydroxyl groups is 1. The molecular weight excluding hydrogens is 372 g/mol. The van der Waals surface area contributed by atoms with Crippen LogP contribution in [-0.4, -0.2) is 35.1 Å². The molecule has 0 unspecified atom stereocenters. The number of ether oxygens (including phenoxy) is 1. The third-order valence-electron chi connectivity index (χ3n) is 4.28. The molecule has 1 heterocycles. The number of para-hydroxylation sites is 2. The summed E-state index contributed by atoms with van der Waals surface area (Å²) in [6.45, 7) is -0.315. The predicted octanol–water partition coefficient (Wildman–Crippen LogP) is 3.33. The molecule has 3 rings (SSSR count). The SMILES string of the molecule is COc1ccccc1C=CC(=O)NCC(=O)N=Nc1c(O)n(C)c2ccccc12. The molecule has 148 valence electrons. The second kappa shape index (κ2) is 8.83. The summed E-state index contributed by atoms with van der Waals surface area (Å²) in [6, 6.07) is 14.5. The van der Waals surface area contributed by atoms with Crippen molar-refractivity contribution >= 4 is 34.5 Å². The van der Waals surface area contributed by atoms with E-state index >= 15 is 0 Å². The number of carbonyl (C=O) groups is 2. The average Bonchev–Trinajstić information content (AvgIpc) is 2.99. The number of nitrogens with one attached hydrogen (secondary N) is 1. The second-order valence-electron chi connectivity index (χ2n) is 6.14. The van der Waals surface area contributed by atoms with E-state index in [1.54, 1.807) is 49.1 Å². The number of fused-ring (bicyclic) bond motifs is 1. The van der Waals surface area contributed by atoms with E-state index in [1.165, 1.54) is 6.08 Å². The zero-order valence-corrected chi connectivity index (χ0v) is 16.0. The van der Waals surface area contributed by atoms with Gasteiger partial charge in [0.05, 0.1) is 12.6 Å². The Kier molecular flexibility index (Phi) is 6.03. The van der Waals surface area contributed by atoms with Gasteiger partial charge in [-0.25, -0.2) is 0 Å². The topological polar surface area (TPSA) is 105 Å². The zero-order valence-electron chi connectivity index (χ0n) is 16.0. The molecule has 1 aromatic heterocycles. The van der Waals surface area contributed by atoms with Crippen molar-refractivity contribution in [1.82, 2.24) is 9.88 Å². The van der Waals surface area contributed by atoms with E-state index in [0.29, 0.717) is 11.1 Å². The first kappa shape index (κ1) is 19.8. The van der Waals surface area contributed by atoms with Gasteiger partial charge in [0, 0.05) is 24.1 Å². The smallest absolute Gasteiger partial charge is 0.283 e. The van der Waals surface area contributed by atoms with Crippen LogP contribution < -0.4 is 10.1 Å². The van der Waals surface area contributed by atoms with Crippen LogP contribution in [0.4, 0.5) is 5.69 Å². The first-order chi connectivity index (χ1) is 14.0. The Morgan fingerprint density at radius 3 is 2.69 bits per heavy atom. The number of nitrogens with zero attached hydrogens (tertiary/aromatic N) is 3. The number of methoxy groups -OCH3 is 1. The summed E-state index contributed by atoms with van der Waals surface area (Å²) in [7, 11) is 3.23. The maximum absolute atomic E-state index is 11.9. The van der Waals surface area contributed by atoms with Crippen molar-refractivity contribution in [2.24, 2.45) is 17.3 Å². The van der Waals surface area contributed by atoms with Crippen molar-refractivity contribution in [2.75, 3.05) is 13.7 Å². The summed E-state index contributed by atoms with van der Waals surface area (Å²) < 4.78 is 6.76. The molecule has 2 amide bonds. The van der Waals surface area contributed by atoms with E-state index in [0.717, 1.165) is 11.1 Å². The van der Waals surface area contributed by atoms with Gasteiger partial charge in [-0.15, -0.1) is 10.2 Å². The number of benzene rings is 2. The van der Waals surface area contributed by atoms with Crippen LogP contribution in [-0.2, 0) is 16.6 Å². The Labute approximate surface area is 167 Å². The van der Waals surface area contributed by atoms with E-state index in [2.05, 4.69) is 15.5 Å². The summed E-state index contributed by atoms with van der Waals surface area (Å²) >= 11 is 0.